The highest BCUT2D eigenvalue weighted by Crippen LogP contribution is 2.18. The molecule has 0 aliphatic rings. The van der Waals surface area contributed by atoms with E-state index in [-0.39, 0.29) is 5.69 Å². The van der Waals surface area contributed by atoms with Crippen molar-refractivity contribution >= 4 is 17.3 Å². The Bertz CT molecular complexity index is 654. The first-order valence-electron chi connectivity index (χ1n) is 7.07. The SMILES string of the molecule is CN(C)CCNc1ccc(C(=O)Nc2c(F)cccc2F)nc1. The first kappa shape index (κ1) is 16.8. The van der Waals surface area contributed by atoms with Crippen LogP contribution < -0.4 is 10.6 Å². The predicted molar refractivity (Wildman–Crippen MR) is 85.6 cm³/mol. The average Bonchev–Trinajstić information content (AvgIpc) is 2.51. The molecule has 7 heteroatoms. The van der Waals surface area contributed by atoms with Crippen molar-refractivity contribution in [3.8, 4) is 0 Å². The Morgan fingerprint density at radius 3 is 2.43 bits per heavy atom. The second kappa shape index (κ2) is 7.64. The molecule has 1 aromatic heterocycles. The molecular weight excluding hydrogens is 302 g/mol. The highest BCUT2D eigenvalue weighted by molar-refractivity contribution is 6.03. The van der Waals surface area contributed by atoms with Crippen molar-refractivity contribution in [1.29, 1.82) is 0 Å². The fourth-order valence-corrected chi connectivity index (χ4v) is 1.85. The molecule has 0 unspecified atom stereocenters. The summed E-state index contributed by atoms with van der Waals surface area (Å²) >= 11 is 0. The highest BCUT2D eigenvalue weighted by atomic mass is 19.1. The van der Waals surface area contributed by atoms with Crippen molar-refractivity contribution < 1.29 is 13.6 Å². The zero-order chi connectivity index (χ0) is 16.8. The lowest BCUT2D eigenvalue weighted by molar-refractivity contribution is 0.102. The third-order valence-corrected chi connectivity index (χ3v) is 3.09. The van der Waals surface area contributed by atoms with Gasteiger partial charge in [-0.25, -0.2) is 13.8 Å². The lowest BCUT2D eigenvalue weighted by Gasteiger charge is -2.11. The number of hydrogen-bond donors (Lipinski definition) is 2. The minimum atomic E-state index is -0.833. The van der Waals surface area contributed by atoms with E-state index in [0.29, 0.717) is 0 Å². The molecule has 5 nitrogen and oxygen atoms in total. The van der Waals surface area contributed by atoms with Gasteiger partial charge < -0.3 is 15.5 Å². The second-order valence-corrected chi connectivity index (χ2v) is 5.21. The minimum Gasteiger partial charge on any atom is -0.383 e. The zero-order valence-electron chi connectivity index (χ0n) is 12.9. The number of hydrogen-bond acceptors (Lipinski definition) is 4. The van der Waals surface area contributed by atoms with Crippen LogP contribution in [0.2, 0.25) is 0 Å². The molecule has 0 atom stereocenters. The van der Waals surface area contributed by atoms with Crippen molar-refractivity contribution in [2.45, 2.75) is 0 Å². The molecule has 0 saturated carbocycles. The summed E-state index contributed by atoms with van der Waals surface area (Å²) in [5.74, 6) is -2.34. The molecule has 0 bridgehead atoms. The quantitative estimate of drug-likeness (QED) is 0.859. The topological polar surface area (TPSA) is 57.3 Å². The summed E-state index contributed by atoms with van der Waals surface area (Å²) in [4.78, 5) is 18.0. The molecule has 2 rings (SSSR count). The molecule has 2 N–H and O–H groups in total. The maximum absolute atomic E-state index is 13.5. The Kier molecular flexibility index (Phi) is 5.59. The summed E-state index contributed by atoms with van der Waals surface area (Å²) < 4.78 is 27.0. The molecule has 0 aliphatic carbocycles. The third kappa shape index (κ3) is 4.72. The smallest absolute Gasteiger partial charge is 0.274 e. The third-order valence-electron chi connectivity index (χ3n) is 3.09. The van der Waals surface area contributed by atoms with Gasteiger partial charge in [-0.2, -0.15) is 0 Å². The summed E-state index contributed by atoms with van der Waals surface area (Å²) in [5.41, 5.74) is 0.360. The van der Waals surface area contributed by atoms with Crippen LogP contribution in [0.15, 0.2) is 36.5 Å². The maximum Gasteiger partial charge on any atom is 0.274 e. The van der Waals surface area contributed by atoms with E-state index < -0.39 is 23.2 Å². The molecular formula is C16H18F2N4O. The van der Waals surface area contributed by atoms with Gasteiger partial charge in [-0.15, -0.1) is 0 Å². The van der Waals surface area contributed by atoms with Gasteiger partial charge in [0.05, 0.1) is 11.9 Å². The summed E-state index contributed by atoms with van der Waals surface area (Å²) in [5, 5.41) is 5.35. The normalized spacial score (nSPS) is 10.7. The van der Waals surface area contributed by atoms with Gasteiger partial charge in [0.2, 0.25) is 0 Å². The predicted octanol–water partition coefficient (Wildman–Crippen LogP) is 2.59. The van der Waals surface area contributed by atoms with Gasteiger partial charge in [0.15, 0.2) is 0 Å². The van der Waals surface area contributed by atoms with Crippen LogP contribution in [0.4, 0.5) is 20.2 Å². The van der Waals surface area contributed by atoms with Crippen LogP contribution in [0.25, 0.3) is 0 Å². The van der Waals surface area contributed by atoms with Gasteiger partial charge in [0, 0.05) is 13.1 Å². The van der Waals surface area contributed by atoms with E-state index in [4.69, 9.17) is 0 Å². The van der Waals surface area contributed by atoms with Gasteiger partial charge in [-0.1, -0.05) is 6.07 Å². The summed E-state index contributed by atoms with van der Waals surface area (Å²) in [6, 6.07) is 6.56. The van der Waals surface area contributed by atoms with Crippen molar-refractivity contribution in [1.82, 2.24) is 9.88 Å². The maximum atomic E-state index is 13.5. The molecule has 1 aromatic carbocycles. The molecule has 1 heterocycles. The van der Waals surface area contributed by atoms with Crippen LogP contribution in [-0.4, -0.2) is 43.0 Å². The average molecular weight is 320 g/mol. The minimum absolute atomic E-state index is 0.0748. The Labute approximate surface area is 133 Å². The number of likely N-dealkylation sites (N-methyl/N-ethyl adjacent to an activating group) is 1. The Morgan fingerprint density at radius 2 is 1.87 bits per heavy atom. The molecule has 2 aromatic rings. The van der Waals surface area contributed by atoms with Crippen LogP contribution in [0.5, 0.6) is 0 Å². The number of para-hydroxylation sites is 1. The van der Waals surface area contributed by atoms with Crippen LogP contribution in [-0.2, 0) is 0 Å². The van der Waals surface area contributed by atoms with Gasteiger partial charge >= 0.3 is 0 Å². The van der Waals surface area contributed by atoms with Gasteiger partial charge in [-0.3, -0.25) is 4.79 Å². The fourth-order valence-electron chi connectivity index (χ4n) is 1.85. The van der Waals surface area contributed by atoms with Crippen LogP contribution in [0, 0.1) is 11.6 Å². The number of amides is 1. The van der Waals surface area contributed by atoms with Crippen LogP contribution >= 0.6 is 0 Å². The summed E-state index contributed by atoms with van der Waals surface area (Å²) in [7, 11) is 3.93. The Hall–Kier alpha value is -2.54. The van der Waals surface area contributed by atoms with Crippen molar-refractivity contribution in [3.05, 3.63) is 53.9 Å². The number of carbonyl (C=O) groups is 1. The van der Waals surface area contributed by atoms with E-state index in [2.05, 4.69) is 15.6 Å². The number of nitrogens with zero attached hydrogens (tertiary/aromatic N) is 2. The molecule has 1 amide bonds. The second-order valence-electron chi connectivity index (χ2n) is 5.21. The van der Waals surface area contributed by atoms with E-state index >= 15 is 0 Å². The molecule has 23 heavy (non-hydrogen) atoms. The number of carbonyl (C=O) groups excluding carboxylic acids is 1. The monoisotopic (exact) mass is 320 g/mol. The van der Waals surface area contributed by atoms with Crippen molar-refractivity contribution in [2.75, 3.05) is 37.8 Å². The largest absolute Gasteiger partial charge is 0.383 e. The van der Waals surface area contributed by atoms with Crippen LogP contribution in [0.1, 0.15) is 10.5 Å². The number of rotatable bonds is 6. The Balaban J connectivity index is 2.00. The highest BCUT2D eigenvalue weighted by Gasteiger charge is 2.14. The number of halogens is 2. The summed E-state index contributed by atoms with van der Waals surface area (Å²) in [6.07, 6.45) is 1.50. The molecule has 122 valence electrons. The standard InChI is InChI=1S/C16H18F2N4O/c1-22(2)9-8-19-11-6-7-14(20-10-11)16(23)21-15-12(17)4-3-5-13(15)18/h3-7,10,19H,8-9H2,1-2H3,(H,21,23). The number of nitrogens with one attached hydrogen (secondary N) is 2. The van der Waals surface area contributed by atoms with Crippen molar-refractivity contribution in [3.63, 3.8) is 0 Å². The van der Waals surface area contributed by atoms with Crippen LogP contribution in [0.3, 0.4) is 0 Å². The van der Waals surface area contributed by atoms with E-state index in [1.54, 1.807) is 6.07 Å². The van der Waals surface area contributed by atoms with Gasteiger partial charge in [-0.05, 0) is 38.4 Å². The van der Waals surface area contributed by atoms with Crippen molar-refractivity contribution in [2.24, 2.45) is 0 Å². The fraction of sp³-hybridized carbons (Fsp3) is 0.250. The Morgan fingerprint density at radius 1 is 1.17 bits per heavy atom. The van der Waals surface area contributed by atoms with E-state index in [1.807, 2.05) is 19.0 Å². The van der Waals surface area contributed by atoms with E-state index in [9.17, 15) is 13.6 Å². The van der Waals surface area contributed by atoms with E-state index in [1.165, 1.54) is 18.3 Å². The molecule has 0 saturated heterocycles. The lowest BCUT2D eigenvalue weighted by Crippen LogP contribution is -2.21. The number of anilines is 2. The summed E-state index contributed by atoms with van der Waals surface area (Å²) in [6.45, 7) is 1.59. The number of pyridine rings is 1. The molecule has 0 aliphatic heterocycles. The van der Waals surface area contributed by atoms with E-state index in [0.717, 1.165) is 30.9 Å². The lowest BCUT2D eigenvalue weighted by atomic mass is 10.2. The first-order chi connectivity index (χ1) is 11.0. The molecule has 0 radical (unpaired) electrons. The number of benzene rings is 1. The molecule has 0 spiro atoms. The zero-order valence-corrected chi connectivity index (χ0v) is 12.9. The number of aromatic nitrogens is 1. The van der Waals surface area contributed by atoms with Gasteiger partial charge in [0.25, 0.3) is 5.91 Å². The van der Waals surface area contributed by atoms with Gasteiger partial charge in [0.1, 0.15) is 23.0 Å². The molecule has 0 fully saturated rings. The first-order valence-corrected chi connectivity index (χ1v) is 7.07.